The zero-order chi connectivity index (χ0) is 15.2. The van der Waals surface area contributed by atoms with Crippen molar-refractivity contribution in [1.29, 1.82) is 0 Å². The van der Waals surface area contributed by atoms with Crippen molar-refractivity contribution in [2.75, 3.05) is 13.2 Å². The van der Waals surface area contributed by atoms with Crippen LogP contribution in [0.5, 0.6) is 5.75 Å². The Morgan fingerprint density at radius 2 is 1.75 bits per heavy atom. The van der Waals surface area contributed by atoms with Gasteiger partial charge in [-0.2, -0.15) is 0 Å². The minimum Gasteiger partial charge on any atom is -0.484 e. The van der Waals surface area contributed by atoms with Gasteiger partial charge < -0.3 is 15.2 Å². The predicted molar refractivity (Wildman–Crippen MR) is 80.0 cm³/mol. The smallest absolute Gasteiger partial charge is 0.258 e. The number of aliphatic hydroxyl groups excluding tert-OH is 1. The molecule has 1 aromatic carbocycles. The van der Waals surface area contributed by atoms with Gasteiger partial charge in [-0.3, -0.25) is 4.79 Å². The van der Waals surface area contributed by atoms with Crippen LogP contribution in [0.2, 0.25) is 0 Å². The molecule has 0 heterocycles. The first-order valence-corrected chi connectivity index (χ1v) is 7.07. The van der Waals surface area contributed by atoms with Crippen molar-refractivity contribution in [2.24, 2.45) is 0 Å². The molecule has 0 aromatic heterocycles. The number of ether oxygens (including phenoxy) is 1. The lowest BCUT2D eigenvalue weighted by atomic mass is 9.94. The molecule has 0 radical (unpaired) electrons. The van der Waals surface area contributed by atoms with E-state index in [-0.39, 0.29) is 19.1 Å². The normalized spacial score (nSPS) is 11.2. The van der Waals surface area contributed by atoms with E-state index in [1.165, 1.54) is 0 Å². The second-order valence-corrected chi connectivity index (χ2v) is 5.31. The van der Waals surface area contributed by atoms with Gasteiger partial charge in [0.15, 0.2) is 6.61 Å². The number of aryl methyl sites for hydroxylation is 2. The van der Waals surface area contributed by atoms with Crippen LogP contribution in [0.25, 0.3) is 0 Å². The summed E-state index contributed by atoms with van der Waals surface area (Å²) in [5.41, 5.74) is 1.67. The molecule has 1 aromatic rings. The highest BCUT2D eigenvalue weighted by Gasteiger charge is 2.27. The fraction of sp³-hybridized carbons (Fsp3) is 0.562. The molecule has 0 saturated heterocycles. The largest absolute Gasteiger partial charge is 0.484 e. The summed E-state index contributed by atoms with van der Waals surface area (Å²) in [5.74, 6) is 0.488. The van der Waals surface area contributed by atoms with Crippen molar-refractivity contribution in [3.05, 3.63) is 29.3 Å². The Hall–Kier alpha value is -1.55. The minimum absolute atomic E-state index is 0.0371. The molecule has 0 aliphatic rings. The van der Waals surface area contributed by atoms with E-state index in [1.54, 1.807) is 0 Å². The molecule has 0 fully saturated rings. The van der Waals surface area contributed by atoms with Gasteiger partial charge in [0.2, 0.25) is 0 Å². The maximum atomic E-state index is 11.9. The Labute approximate surface area is 121 Å². The van der Waals surface area contributed by atoms with E-state index < -0.39 is 5.54 Å². The zero-order valence-corrected chi connectivity index (χ0v) is 12.8. The molecule has 0 bridgehead atoms. The quantitative estimate of drug-likeness (QED) is 0.805. The van der Waals surface area contributed by atoms with Gasteiger partial charge in [0, 0.05) is 0 Å². The number of carbonyl (C=O) groups is 1. The molecule has 4 heteroatoms. The van der Waals surface area contributed by atoms with Crippen molar-refractivity contribution in [1.82, 2.24) is 5.32 Å². The molecule has 1 amide bonds. The zero-order valence-electron chi connectivity index (χ0n) is 12.8. The standard InChI is InChI=1S/C16H25NO3/c1-5-16(6-2,11-18)17-15(19)10-20-14-8-12(3)7-13(4)9-14/h7-9,18H,5-6,10-11H2,1-4H3,(H,17,19). The second kappa shape index (κ2) is 7.29. The van der Waals surface area contributed by atoms with Crippen LogP contribution >= 0.6 is 0 Å². The monoisotopic (exact) mass is 279 g/mol. The molecule has 0 saturated carbocycles. The summed E-state index contributed by atoms with van der Waals surface area (Å²) < 4.78 is 5.52. The van der Waals surface area contributed by atoms with E-state index in [2.05, 4.69) is 11.4 Å². The summed E-state index contributed by atoms with van der Waals surface area (Å²) in [6.45, 7) is 7.78. The molecular formula is C16H25NO3. The molecule has 4 nitrogen and oxygen atoms in total. The number of rotatable bonds is 7. The highest BCUT2D eigenvalue weighted by Crippen LogP contribution is 2.17. The average Bonchev–Trinajstić information content (AvgIpc) is 2.42. The summed E-state index contributed by atoms with van der Waals surface area (Å²) in [7, 11) is 0. The molecule has 0 unspecified atom stereocenters. The van der Waals surface area contributed by atoms with Crippen LogP contribution in [0, 0.1) is 13.8 Å². The van der Waals surface area contributed by atoms with Crippen LogP contribution in [0.4, 0.5) is 0 Å². The van der Waals surface area contributed by atoms with E-state index in [9.17, 15) is 9.90 Å². The third-order valence-corrected chi connectivity index (χ3v) is 3.63. The number of benzene rings is 1. The number of hydrogen-bond acceptors (Lipinski definition) is 3. The first-order valence-electron chi connectivity index (χ1n) is 7.07. The molecule has 2 N–H and O–H groups in total. The van der Waals surface area contributed by atoms with Crippen LogP contribution in [0.15, 0.2) is 18.2 Å². The molecule has 20 heavy (non-hydrogen) atoms. The number of aliphatic hydroxyl groups is 1. The van der Waals surface area contributed by atoms with Crippen LogP contribution in [-0.4, -0.2) is 29.8 Å². The average molecular weight is 279 g/mol. The first kappa shape index (κ1) is 16.5. The lowest BCUT2D eigenvalue weighted by molar-refractivity contribution is -0.125. The van der Waals surface area contributed by atoms with Gasteiger partial charge in [0.05, 0.1) is 12.1 Å². The number of nitrogens with one attached hydrogen (secondary N) is 1. The van der Waals surface area contributed by atoms with E-state index in [0.717, 1.165) is 11.1 Å². The highest BCUT2D eigenvalue weighted by atomic mass is 16.5. The van der Waals surface area contributed by atoms with Gasteiger partial charge in [-0.05, 0) is 49.9 Å². The predicted octanol–water partition coefficient (Wildman–Crippen LogP) is 2.35. The van der Waals surface area contributed by atoms with Crippen LogP contribution in [0.1, 0.15) is 37.8 Å². The van der Waals surface area contributed by atoms with Gasteiger partial charge in [-0.1, -0.05) is 19.9 Å². The number of hydrogen-bond donors (Lipinski definition) is 2. The molecule has 0 spiro atoms. The Morgan fingerprint density at radius 3 is 2.20 bits per heavy atom. The third-order valence-electron chi connectivity index (χ3n) is 3.63. The van der Waals surface area contributed by atoms with E-state index >= 15 is 0 Å². The maximum absolute atomic E-state index is 11.9. The Morgan fingerprint density at radius 1 is 1.20 bits per heavy atom. The van der Waals surface area contributed by atoms with Crippen LogP contribution in [-0.2, 0) is 4.79 Å². The fourth-order valence-corrected chi connectivity index (χ4v) is 2.19. The second-order valence-electron chi connectivity index (χ2n) is 5.31. The van der Waals surface area contributed by atoms with Crippen LogP contribution in [0.3, 0.4) is 0 Å². The molecule has 0 aliphatic heterocycles. The molecule has 0 atom stereocenters. The summed E-state index contributed by atoms with van der Waals surface area (Å²) in [6.07, 6.45) is 1.38. The summed E-state index contributed by atoms with van der Waals surface area (Å²) in [5, 5.41) is 12.3. The number of amides is 1. The van der Waals surface area contributed by atoms with Crippen molar-refractivity contribution >= 4 is 5.91 Å². The highest BCUT2D eigenvalue weighted by molar-refractivity contribution is 5.78. The van der Waals surface area contributed by atoms with Crippen molar-refractivity contribution in [2.45, 2.75) is 46.1 Å². The molecule has 1 rings (SSSR count). The van der Waals surface area contributed by atoms with Crippen LogP contribution < -0.4 is 10.1 Å². The van der Waals surface area contributed by atoms with Gasteiger partial charge in [-0.25, -0.2) is 0 Å². The molecule has 0 aliphatic carbocycles. The number of carbonyl (C=O) groups excluding carboxylic acids is 1. The summed E-state index contributed by atoms with van der Waals surface area (Å²) in [4.78, 5) is 11.9. The summed E-state index contributed by atoms with van der Waals surface area (Å²) in [6, 6.07) is 5.86. The summed E-state index contributed by atoms with van der Waals surface area (Å²) >= 11 is 0. The molecule has 112 valence electrons. The van der Waals surface area contributed by atoms with Crippen molar-refractivity contribution in [3.8, 4) is 5.75 Å². The van der Waals surface area contributed by atoms with E-state index in [0.29, 0.717) is 18.6 Å². The fourth-order valence-electron chi connectivity index (χ4n) is 2.19. The van der Waals surface area contributed by atoms with Crippen molar-refractivity contribution in [3.63, 3.8) is 0 Å². The maximum Gasteiger partial charge on any atom is 0.258 e. The van der Waals surface area contributed by atoms with Gasteiger partial charge >= 0.3 is 0 Å². The Bertz CT molecular complexity index is 425. The van der Waals surface area contributed by atoms with E-state index in [4.69, 9.17) is 4.74 Å². The Kier molecular flexibility index (Phi) is 6.02. The van der Waals surface area contributed by atoms with E-state index in [1.807, 2.05) is 39.8 Å². The minimum atomic E-state index is -0.539. The van der Waals surface area contributed by atoms with Gasteiger partial charge in [0.1, 0.15) is 5.75 Å². The molecular weight excluding hydrogens is 254 g/mol. The Balaban J connectivity index is 2.59. The van der Waals surface area contributed by atoms with Gasteiger partial charge in [-0.15, -0.1) is 0 Å². The first-order chi connectivity index (χ1) is 9.44. The topological polar surface area (TPSA) is 58.6 Å². The van der Waals surface area contributed by atoms with Crippen molar-refractivity contribution < 1.29 is 14.6 Å². The lowest BCUT2D eigenvalue weighted by Gasteiger charge is -2.30. The SMILES string of the molecule is CCC(CC)(CO)NC(=O)COc1cc(C)cc(C)c1. The third kappa shape index (κ3) is 4.53. The van der Waals surface area contributed by atoms with Gasteiger partial charge in [0.25, 0.3) is 5.91 Å². The lowest BCUT2D eigenvalue weighted by Crippen LogP contribution is -2.51.